The highest BCUT2D eigenvalue weighted by atomic mass is 35.5. The number of hydrogen-bond acceptors (Lipinski definition) is 1. The van der Waals surface area contributed by atoms with E-state index in [0.29, 0.717) is 0 Å². The molecule has 1 aromatic rings. The van der Waals surface area contributed by atoms with Crippen molar-refractivity contribution in [3.8, 4) is 0 Å². The van der Waals surface area contributed by atoms with E-state index in [2.05, 4.69) is 0 Å². The number of hydrogen-bond donors (Lipinski definition) is 1. The van der Waals surface area contributed by atoms with Gasteiger partial charge in [0.2, 0.25) is 0 Å². The molecule has 1 rings (SSSR count). The number of benzene rings is 1. The van der Waals surface area contributed by atoms with Gasteiger partial charge < -0.3 is 5.73 Å². The second kappa shape index (κ2) is 3.27. The van der Waals surface area contributed by atoms with E-state index in [4.69, 9.17) is 28.9 Å². The number of nitrogen functional groups attached to an aromatic ring is 1. The Morgan fingerprint density at radius 2 is 1.54 bits per heavy atom. The van der Waals surface area contributed by atoms with E-state index in [1.54, 1.807) is 0 Å². The first-order valence-corrected chi connectivity index (χ1v) is 3.90. The first-order chi connectivity index (χ1) is 5.84. The van der Waals surface area contributed by atoms with Crippen molar-refractivity contribution in [3.63, 3.8) is 0 Å². The van der Waals surface area contributed by atoms with Gasteiger partial charge in [0.15, 0.2) is 0 Å². The van der Waals surface area contributed by atoms with Crippen molar-refractivity contribution in [2.45, 2.75) is 6.18 Å². The smallest absolute Gasteiger partial charge is 0.397 e. The minimum Gasteiger partial charge on any atom is -0.397 e. The zero-order valence-electron chi connectivity index (χ0n) is 6.12. The lowest BCUT2D eigenvalue weighted by Crippen LogP contribution is -2.10. The predicted octanol–water partition coefficient (Wildman–Crippen LogP) is 3.59. The zero-order valence-corrected chi connectivity index (χ0v) is 7.63. The lowest BCUT2D eigenvalue weighted by Gasteiger charge is -2.12. The number of alkyl halides is 3. The molecule has 0 heterocycles. The molecule has 0 saturated heterocycles. The van der Waals surface area contributed by atoms with Gasteiger partial charge in [0.05, 0.1) is 21.3 Å². The fourth-order valence-corrected chi connectivity index (χ4v) is 1.29. The second-order valence-corrected chi connectivity index (χ2v) is 3.13. The number of halogens is 5. The third-order valence-electron chi connectivity index (χ3n) is 1.42. The van der Waals surface area contributed by atoms with Crippen molar-refractivity contribution in [2.75, 3.05) is 5.73 Å². The molecule has 1 nitrogen and oxygen atoms in total. The Morgan fingerprint density at radius 3 is 1.92 bits per heavy atom. The number of nitrogens with two attached hydrogens (primary N) is 1. The monoisotopic (exact) mass is 229 g/mol. The molecule has 0 amide bonds. The van der Waals surface area contributed by atoms with Gasteiger partial charge in [-0.3, -0.25) is 0 Å². The molecule has 13 heavy (non-hydrogen) atoms. The first-order valence-electron chi connectivity index (χ1n) is 3.14. The molecule has 0 spiro atoms. The number of anilines is 1. The van der Waals surface area contributed by atoms with Gasteiger partial charge in [0.1, 0.15) is 0 Å². The van der Waals surface area contributed by atoms with E-state index in [1.165, 1.54) is 6.07 Å². The highest BCUT2D eigenvalue weighted by molar-refractivity contribution is 6.35. The van der Waals surface area contributed by atoms with Crippen molar-refractivity contribution in [1.29, 1.82) is 0 Å². The summed E-state index contributed by atoms with van der Waals surface area (Å²) in [5.74, 6) is 0. The molecular weight excluding hydrogens is 226 g/mol. The molecule has 0 atom stereocenters. The summed E-state index contributed by atoms with van der Waals surface area (Å²) in [5.41, 5.74) is 3.51. The molecule has 6 heteroatoms. The summed E-state index contributed by atoms with van der Waals surface area (Å²) in [6, 6.07) is 2.28. The van der Waals surface area contributed by atoms with Crippen LogP contribution in [0.25, 0.3) is 0 Å². The molecule has 0 fully saturated rings. The molecule has 0 saturated carbocycles. The quantitative estimate of drug-likeness (QED) is 0.677. The molecule has 0 unspecified atom stereocenters. The van der Waals surface area contributed by atoms with Gasteiger partial charge in [-0.2, -0.15) is 13.2 Å². The van der Waals surface area contributed by atoms with Crippen molar-refractivity contribution in [2.24, 2.45) is 0 Å². The van der Waals surface area contributed by atoms with Crippen LogP contribution in [-0.2, 0) is 6.18 Å². The van der Waals surface area contributed by atoms with Crippen LogP contribution in [0.3, 0.4) is 0 Å². The molecule has 0 aliphatic heterocycles. The van der Waals surface area contributed by atoms with Crippen LogP contribution in [0, 0.1) is 0 Å². The van der Waals surface area contributed by atoms with E-state index in [9.17, 15) is 13.2 Å². The summed E-state index contributed by atoms with van der Waals surface area (Å²) in [6.45, 7) is 0. The highest BCUT2D eigenvalue weighted by Crippen LogP contribution is 2.41. The third kappa shape index (κ3) is 2.00. The lowest BCUT2D eigenvalue weighted by molar-refractivity contribution is -0.136. The van der Waals surface area contributed by atoms with E-state index < -0.39 is 22.4 Å². The second-order valence-electron chi connectivity index (χ2n) is 2.32. The SMILES string of the molecule is Nc1c(Cl)ccc(Cl)c1C(F)(F)F. The van der Waals surface area contributed by atoms with Crippen LogP contribution in [0.4, 0.5) is 18.9 Å². The Kier molecular flexibility index (Phi) is 2.63. The highest BCUT2D eigenvalue weighted by Gasteiger charge is 2.36. The minimum absolute atomic E-state index is 0.156. The van der Waals surface area contributed by atoms with E-state index in [0.717, 1.165) is 6.07 Å². The van der Waals surface area contributed by atoms with Crippen LogP contribution in [0.15, 0.2) is 12.1 Å². The summed E-state index contributed by atoms with van der Waals surface area (Å²) in [7, 11) is 0. The maximum absolute atomic E-state index is 12.3. The minimum atomic E-state index is -4.58. The van der Waals surface area contributed by atoms with Crippen molar-refractivity contribution < 1.29 is 13.2 Å². The van der Waals surface area contributed by atoms with E-state index in [-0.39, 0.29) is 5.02 Å². The van der Waals surface area contributed by atoms with Gasteiger partial charge in [-0.1, -0.05) is 23.2 Å². The van der Waals surface area contributed by atoms with E-state index >= 15 is 0 Å². The summed E-state index contributed by atoms with van der Waals surface area (Å²) in [5, 5.41) is -0.605. The molecule has 0 aromatic heterocycles. The van der Waals surface area contributed by atoms with Gasteiger partial charge in [0.25, 0.3) is 0 Å². The molecule has 0 aliphatic carbocycles. The van der Waals surface area contributed by atoms with Crippen LogP contribution >= 0.6 is 23.2 Å². The van der Waals surface area contributed by atoms with Crippen molar-refractivity contribution >= 4 is 28.9 Å². The van der Waals surface area contributed by atoms with E-state index in [1.807, 2.05) is 0 Å². The maximum Gasteiger partial charge on any atom is 0.419 e. The average Bonchev–Trinajstić information content (AvgIpc) is 1.95. The molecule has 0 aliphatic rings. The number of rotatable bonds is 0. The first kappa shape index (κ1) is 10.5. The van der Waals surface area contributed by atoms with Crippen LogP contribution in [0.2, 0.25) is 10.0 Å². The summed E-state index contributed by atoms with van der Waals surface area (Å²) >= 11 is 10.7. The molecule has 0 radical (unpaired) electrons. The van der Waals surface area contributed by atoms with Crippen molar-refractivity contribution in [3.05, 3.63) is 27.7 Å². The molecule has 0 bridgehead atoms. The average molecular weight is 230 g/mol. The molecule has 1 aromatic carbocycles. The van der Waals surface area contributed by atoms with Gasteiger partial charge in [-0.25, -0.2) is 0 Å². The lowest BCUT2D eigenvalue weighted by atomic mass is 10.2. The molecular formula is C7H4Cl2F3N. The van der Waals surface area contributed by atoms with Crippen LogP contribution < -0.4 is 5.73 Å². The Bertz CT molecular complexity index is 335. The summed E-state index contributed by atoms with van der Waals surface area (Å²) in [4.78, 5) is 0. The molecule has 72 valence electrons. The fraction of sp³-hybridized carbons (Fsp3) is 0.143. The van der Waals surface area contributed by atoms with Gasteiger partial charge in [-0.15, -0.1) is 0 Å². The Balaban J connectivity index is 3.43. The van der Waals surface area contributed by atoms with Gasteiger partial charge in [-0.05, 0) is 12.1 Å². The summed E-state index contributed by atoms with van der Waals surface area (Å²) < 4.78 is 36.8. The predicted molar refractivity (Wildman–Crippen MR) is 45.9 cm³/mol. The largest absolute Gasteiger partial charge is 0.419 e. The third-order valence-corrected chi connectivity index (χ3v) is 2.07. The van der Waals surface area contributed by atoms with Crippen LogP contribution in [0.1, 0.15) is 5.56 Å². The Labute approximate surface area is 82.2 Å². The Morgan fingerprint density at radius 1 is 1.08 bits per heavy atom. The van der Waals surface area contributed by atoms with Crippen LogP contribution in [-0.4, -0.2) is 0 Å². The standard InChI is InChI=1S/C7H4Cl2F3N/c8-3-1-2-4(9)6(13)5(3)7(10,11)12/h1-2H,13H2. The maximum atomic E-state index is 12.3. The molecule has 2 N–H and O–H groups in total. The fourth-order valence-electron chi connectivity index (χ4n) is 0.856. The summed E-state index contributed by atoms with van der Waals surface area (Å²) in [6.07, 6.45) is -4.58. The zero-order chi connectivity index (χ0) is 10.2. The van der Waals surface area contributed by atoms with Crippen LogP contribution in [0.5, 0.6) is 0 Å². The topological polar surface area (TPSA) is 26.0 Å². The van der Waals surface area contributed by atoms with Crippen molar-refractivity contribution in [1.82, 2.24) is 0 Å². The van der Waals surface area contributed by atoms with Gasteiger partial charge in [0, 0.05) is 0 Å². The Hall–Kier alpha value is -0.610. The van der Waals surface area contributed by atoms with Gasteiger partial charge >= 0.3 is 6.18 Å². The normalized spacial score (nSPS) is 11.8.